The number of likely N-dealkylation sites (tertiary alicyclic amines) is 1. The van der Waals surface area contributed by atoms with E-state index in [1.807, 2.05) is 16.7 Å². The highest BCUT2D eigenvalue weighted by Crippen LogP contribution is 2.37. The Balaban J connectivity index is 1.72. The first-order chi connectivity index (χ1) is 9.74. The summed E-state index contributed by atoms with van der Waals surface area (Å²) in [6, 6.07) is 8.44. The summed E-state index contributed by atoms with van der Waals surface area (Å²) in [6.45, 7) is 5.61. The maximum Gasteiger partial charge on any atom is 0.242 e. The number of para-hydroxylation sites is 1. The van der Waals surface area contributed by atoms with E-state index in [1.54, 1.807) is 0 Å². The van der Waals surface area contributed by atoms with E-state index in [9.17, 15) is 4.79 Å². The van der Waals surface area contributed by atoms with Gasteiger partial charge in [-0.05, 0) is 31.4 Å². The Hall–Kier alpha value is -1.16. The lowest BCUT2D eigenvalue weighted by molar-refractivity contribution is -0.130. The molecule has 1 atom stereocenters. The number of nitrogens with zero attached hydrogens (tertiary/aromatic N) is 2. The Morgan fingerprint density at radius 1 is 1.25 bits per heavy atom. The fourth-order valence-electron chi connectivity index (χ4n) is 3.04. The number of piperidine rings is 1. The summed E-state index contributed by atoms with van der Waals surface area (Å²) in [4.78, 5) is 18.1. The van der Waals surface area contributed by atoms with Crippen LogP contribution in [0.15, 0.2) is 29.2 Å². The van der Waals surface area contributed by atoms with Gasteiger partial charge in [-0.1, -0.05) is 19.1 Å². The minimum absolute atomic E-state index is 0.290. The van der Waals surface area contributed by atoms with Gasteiger partial charge in [0, 0.05) is 29.8 Å². The van der Waals surface area contributed by atoms with Crippen LogP contribution in [0.4, 0.5) is 5.69 Å². The quantitative estimate of drug-likeness (QED) is 0.836. The molecule has 108 valence electrons. The lowest BCUT2D eigenvalue weighted by Crippen LogP contribution is -2.45. The SMILES string of the molecule is C[C@@H]1CN(CC(=O)N2CCCCC2)c2ccccc2S1. The van der Waals surface area contributed by atoms with Gasteiger partial charge in [0.1, 0.15) is 0 Å². The molecule has 0 aliphatic carbocycles. The van der Waals surface area contributed by atoms with Crippen molar-refractivity contribution in [1.29, 1.82) is 0 Å². The van der Waals surface area contributed by atoms with Crippen LogP contribution in [-0.2, 0) is 4.79 Å². The molecule has 2 heterocycles. The zero-order valence-electron chi connectivity index (χ0n) is 12.0. The number of amides is 1. The van der Waals surface area contributed by atoms with Crippen LogP contribution >= 0.6 is 11.8 Å². The number of benzene rings is 1. The molecular formula is C16H22N2OS. The van der Waals surface area contributed by atoms with Gasteiger partial charge in [0.15, 0.2) is 0 Å². The number of anilines is 1. The molecule has 1 amide bonds. The van der Waals surface area contributed by atoms with E-state index in [0.29, 0.717) is 17.7 Å². The lowest BCUT2D eigenvalue weighted by atomic mass is 10.1. The summed E-state index contributed by atoms with van der Waals surface area (Å²) >= 11 is 1.91. The van der Waals surface area contributed by atoms with Crippen molar-refractivity contribution in [3.63, 3.8) is 0 Å². The van der Waals surface area contributed by atoms with Crippen LogP contribution in [-0.4, -0.2) is 42.2 Å². The van der Waals surface area contributed by atoms with Crippen molar-refractivity contribution in [3.8, 4) is 0 Å². The van der Waals surface area contributed by atoms with Crippen molar-refractivity contribution in [1.82, 2.24) is 4.90 Å². The van der Waals surface area contributed by atoms with Crippen LogP contribution in [0.3, 0.4) is 0 Å². The largest absolute Gasteiger partial charge is 0.360 e. The van der Waals surface area contributed by atoms with Crippen molar-refractivity contribution in [2.45, 2.75) is 36.3 Å². The maximum atomic E-state index is 12.5. The number of fused-ring (bicyclic) bond motifs is 1. The third-order valence-electron chi connectivity index (χ3n) is 4.05. The van der Waals surface area contributed by atoms with Crippen molar-refractivity contribution in [2.75, 3.05) is 31.1 Å². The minimum atomic E-state index is 0.290. The van der Waals surface area contributed by atoms with Gasteiger partial charge in [-0.15, -0.1) is 11.8 Å². The normalized spacial score (nSPS) is 22.6. The average molecular weight is 290 g/mol. The monoisotopic (exact) mass is 290 g/mol. The van der Waals surface area contributed by atoms with Crippen LogP contribution in [0, 0.1) is 0 Å². The molecule has 0 spiro atoms. The van der Waals surface area contributed by atoms with E-state index in [1.165, 1.54) is 17.0 Å². The molecule has 3 rings (SSSR count). The van der Waals surface area contributed by atoms with Crippen molar-refractivity contribution in [2.24, 2.45) is 0 Å². The van der Waals surface area contributed by atoms with E-state index >= 15 is 0 Å². The Kier molecular flexibility index (Phi) is 4.20. The van der Waals surface area contributed by atoms with Gasteiger partial charge in [0.05, 0.1) is 12.2 Å². The molecule has 0 N–H and O–H groups in total. The van der Waals surface area contributed by atoms with Crippen molar-refractivity contribution >= 4 is 23.4 Å². The number of carbonyl (C=O) groups is 1. The second-order valence-electron chi connectivity index (χ2n) is 5.72. The molecule has 1 fully saturated rings. The van der Waals surface area contributed by atoms with E-state index in [2.05, 4.69) is 36.1 Å². The predicted molar refractivity (Wildman–Crippen MR) is 84.4 cm³/mol. The molecule has 2 aliphatic heterocycles. The fraction of sp³-hybridized carbons (Fsp3) is 0.562. The van der Waals surface area contributed by atoms with Gasteiger partial charge in [-0.2, -0.15) is 0 Å². The Labute approximate surface area is 125 Å². The molecule has 0 bridgehead atoms. The highest BCUT2D eigenvalue weighted by molar-refractivity contribution is 8.00. The maximum absolute atomic E-state index is 12.5. The standard InChI is InChI=1S/C16H22N2OS/c1-13-11-18(14-7-3-4-8-15(14)20-13)12-16(19)17-9-5-2-6-10-17/h3-4,7-8,13H,2,5-6,9-12H2,1H3/t13-/m1/s1. The lowest BCUT2D eigenvalue weighted by Gasteiger charge is -2.36. The van der Waals surface area contributed by atoms with Crippen LogP contribution < -0.4 is 4.90 Å². The molecule has 20 heavy (non-hydrogen) atoms. The van der Waals surface area contributed by atoms with E-state index < -0.39 is 0 Å². The number of hydrogen-bond donors (Lipinski definition) is 0. The summed E-state index contributed by atoms with van der Waals surface area (Å²) in [5.74, 6) is 0.290. The summed E-state index contributed by atoms with van der Waals surface area (Å²) in [5.41, 5.74) is 1.22. The topological polar surface area (TPSA) is 23.6 Å². The first-order valence-corrected chi connectivity index (χ1v) is 8.40. The number of thioether (sulfide) groups is 1. The molecule has 0 radical (unpaired) electrons. The van der Waals surface area contributed by atoms with Gasteiger partial charge in [-0.3, -0.25) is 4.79 Å². The Morgan fingerprint density at radius 2 is 2.00 bits per heavy atom. The minimum Gasteiger partial charge on any atom is -0.360 e. The van der Waals surface area contributed by atoms with Gasteiger partial charge in [-0.25, -0.2) is 0 Å². The van der Waals surface area contributed by atoms with Gasteiger partial charge in [0.2, 0.25) is 5.91 Å². The molecule has 0 aromatic heterocycles. The number of carbonyl (C=O) groups excluding carboxylic acids is 1. The summed E-state index contributed by atoms with van der Waals surface area (Å²) in [7, 11) is 0. The number of hydrogen-bond acceptors (Lipinski definition) is 3. The molecule has 0 saturated carbocycles. The third-order valence-corrected chi connectivity index (χ3v) is 5.20. The highest BCUT2D eigenvalue weighted by Gasteiger charge is 2.25. The van der Waals surface area contributed by atoms with E-state index in [0.717, 1.165) is 32.5 Å². The summed E-state index contributed by atoms with van der Waals surface area (Å²) in [5, 5.41) is 0.541. The zero-order chi connectivity index (χ0) is 13.9. The second-order valence-corrected chi connectivity index (χ2v) is 7.20. The van der Waals surface area contributed by atoms with E-state index in [-0.39, 0.29) is 0 Å². The molecule has 1 aromatic carbocycles. The second kappa shape index (κ2) is 6.08. The predicted octanol–water partition coefficient (Wildman–Crippen LogP) is 3.00. The van der Waals surface area contributed by atoms with Gasteiger partial charge >= 0.3 is 0 Å². The first kappa shape index (κ1) is 13.8. The summed E-state index contributed by atoms with van der Waals surface area (Å²) in [6.07, 6.45) is 3.59. The molecule has 2 aliphatic rings. The van der Waals surface area contributed by atoms with Crippen molar-refractivity contribution in [3.05, 3.63) is 24.3 Å². The Bertz CT molecular complexity index is 485. The molecule has 0 unspecified atom stereocenters. The van der Waals surface area contributed by atoms with Gasteiger partial charge < -0.3 is 9.80 Å². The van der Waals surface area contributed by atoms with Crippen LogP contribution in [0.5, 0.6) is 0 Å². The van der Waals surface area contributed by atoms with Gasteiger partial charge in [0.25, 0.3) is 0 Å². The van der Waals surface area contributed by atoms with Crippen LogP contribution in [0.2, 0.25) is 0 Å². The number of rotatable bonds is 2. The molecule has 3 nitrogen and oxygen atoms in total. The van der Waals surface area contributed by atoms with Crippen molar-refractivity contribution < 1.29 is 4.79 Å². The molecule has 1 aromatic rings. The zero-order valence-corrected chi connectivity index (χ0v) is 12.9. The first-order valence-electron chi connectivity index (χ1n) is 7.52. The third kappa shape index (κ3) is 2.95. The smallest absolute Gasteiger partial charge is 0.242 e. The fourth-order valence-corrected chi connectivity index (χ4v) is 4.20. The molecular weight excluding hydrogens is 268 g/mol. The molecule has 1 saturated heterocycles. The molecule has 4 heteroatoms. The van der Waals surface area contributed by atoms with E-state index in [4.69, 9.17) is 0 Å². The summed E-state index contributed by atoms with van der Waals surface area (Å²) < 4.78 is 0. The van der Waals surface area contributed by atoms with Crippen LogP contribution in [0.25, 0.3) is 0 Å². The highest BCUT2D eigenvalue weighted by atomic mass is 32.2. The average Bonchev–Trinajstić information content (AvgIpc) is 2.48. The Morgan fingerprint density at radius 3 is 2.80 bits per heavy atom. The van der Waals surface area contributed by atoms with Crippen LogP contribution in [0.1, 0.15) is 26.2 Å².